The lowest BCUT2D eigenvalue weighted by Gasteiger charge is -1.88. The third kappa shape index (κ3) is 2.35. The van der Waals surface area contributed by atoms with E-state index in [1.807, 2.05) is 13.8 Å². The molecule has 1 rings (SSSR count). The molecule has 0 bridgehead atoms. The Hall–Kier alpha value is -1.25. The summed E-state index contributed by atoms with van der Waals surface area (Å²) < 4.78 is 0.528. The molecule has 0 aliphatic carbocycles. The third-order valence-corrected chi connectivity index (χ3v) is 0.803. The van der Waals surface area contributed by atoms with Gasteiger partial charge in [-0.25, -0.2) is 0 Å². The van der Waals surface area contributed by atoms with Gasteiger partial charge in [0.2, 0.25) is 0 Å². The fraction of sp³-hybridized carbons (Fsp3) is 0.286. The molecule has 0 fully saturated rings. The van der Waals surface area contributed by atoms with E-state index >= 15 is 0 Å². The summed E-state index contributed by atoms with van der Waals surface area (Å²) in [6, 6.07) is 4.41. The maximum atomic E-state index is 10.3. The summed E-state index contributed by atoms with van der Waals surface area (Å²) >= 11 is 0. The average molecular weight is 141 g/mol. The summed E-state index contributed by atoms with van der Waals surface area (Å²) in [6.45, 7) is 4.00. The van der Waals surface area contributed by atoms with Crippen molar-refractivity contribution in [2.24, 2.45) is 0 Å². The highest BCUT2D eigenvalue weighted by Gasteiger charge is 1.82. The summed E-state index contributed by atoms with van der Waals surface area (Å²) in [7, 11) is 0. The van der Waals surface area contributed by atoms with E-state index in [0.29, 0.717) is 4.73 Å². The SMILES string of the molecule is CC.O=c1ccccn1O. The van der Waals surface area contributed by atoms with Crippen LogP contribution in [-0.4, -0.2) is 9.94 Å². The first-order chi connectivity index (χ1) is 4.80. The van der Waals surface area contributed by atoms with Crippen molar-refractivity contribution in [1.82, 2.24) is 4.73 Å². The quantitative estimate of drug-likeness (QED) is 0.550. The predicted octanol–water partition coefficient (Wildman–Crippen LogP) is 1.11. The van der Waals surface area contributed by atoms with Crippen LogP contribution < -0.4 is 5.56 Å². The van der Waals surface area contributed by atoms with E-state index in [1.54, 1.807) is 12.1 Å². The topological polar surface area (TPSA) is 42.2 Å². The van der Waals surface area contributed by atoms with Crippen LogP contribution in [-0.2, 0) is 0 Å². The molecule has 0 radical (unpaired) electrons. The Kier molecular flexibility index (Phi) is 4.04. The summed E-state index contributed by atoms with van der Waals surface area (Å²) in [4.78, 5) is 10.3. The normalized spacial score (nSPS) is 7.80. The van der Waals surface area contributed by atoms with E-state index < -0.39 is 5.56 Å². The molecule has 0 amide bonds. The van der Waals surface area contributed by atoms with Gasteiger partial charge in [-0.05, 0) is 6.07 Å². The Morgan fingerprint density at radius 2 is 2.00 bits per heavy atom. The number of nitrogens with zero attached hydrogens (tertiary/aromatic N) is 1. The number of aromatic nitrogens is 1. The Balaban J connectivity index is 0.000000371. The lowest BCUT2D eigenvalue weighted by molar-refractivity contribution is 0.175. The number of rotatable bonds is 0. The molecular weight excluding hydrogens is 130 g/mol. The maximum absolute atomic E-state index is 10.3. The van der Waals surface area contributed by atoms with Crippen molar-refractivity contribution < 1.29 is 5.21 Å². The molecule has 3 heteroatoms. The second kappa shape index (κ2) is 4.61. The van der Waals surface area contributed by atoms with Gasteiger partial charge in [0.1, 0.15) is 0 Å². The first kappa shape index (κ1) is 8.75. The zero-order chi connectivity index (χ0) is 7.98. The molecule has 0 saturated heterocycles. The van der Waals surface area contributed by atoms with Gasteiger partial charge in [-0.2, -0.15) is 4.73 Å². The van der Waals surface area contributed by atoms with Crippen LogP contribution in [0.2, 0.25) is 0 Å². The van der Waals surface area contributed by atoms with Gasteiger partial charge in [-0.15, -0.1) is 0 Å². The smallest absolute Gasteiger partial charge is 0.282 e. The fourth-order valence-corrected chi connectivity index (χ4v) is 0.419. The van der Waals surface area contributed by atoms with E-state index in [0.717, 1.165) is 0 Å². The number of pyridine rings is 1. The zero-order valence-electron chi connectivity index (χ0n) is 6.11. The van der Waals surface area contributed by atoms with Crippen LogP contribution in [0.15, 0.2) is 29.2 Å². The van der Waals surface area contributed by atoms with E-state index in [-0.39, 0.29) is 0 Å². The molecule has 0 atom stereocenters. The summed E-state index contributed by atoms with van der Waals surface area (Å²) in [5.74, 6) is 0. The highest BCUT2D eigenvalue weighted by atomic mass is 16.5. The fourth-order valence-electron chi connectivity index (χ4n) is 0.419. The Morgan fingerprint density at radius 3 is 2.30 bits per heavy atom. The molecule has 1 heterocycles. The van der Waals surface area contributed by atoms with Crippen LogP contribution in [0.1, 0.15) is 13.8 Å². The van der Waals surface area contributed by atoms with Crippen LogP contribution in [0.5, 0.6) is 0 Å². The molecule has 0 aliphatic rings. The summed E-state index contributed by atoms with van der Waals surface area (Å²) in [6.07, 6.45) is 1.28. The van der Waals surface area contributed by atoms with Gasteiger partial charge in [-0.3, -0.25) is 4.79 Å². The zero-order valence-corrected chi connectivity index (χ0v) is 6.11. The highest BCUT2D eigenvalue weighted by Crippen LogP contribution is 1.72. The van der Waals surface area contributed by atoms with Crippen molar-refractivity contribution in [3.05, 3.63) is 34.7 Å². The van der Waals surface area contributed by atoms with Crippen molar-refractivity contribution in [3.8, 4) is 0 Å². The summed E-state index contributed by atoms with van der Waals surface area (Å²) in [5, 5.41) is 8.52. The van der Waals surface area contributed by atoms with Gasteiger partial charge < -0.3 is 5.21 Å². The van der Waals surface area contributed by atoms with Gasteiger partial charge in [0.15, 0.2) is 0 Å². The lowest BCUT2D eigenvalue weighted by Crippen LogP contribution is -2.13. The van der Waals surface area contributed by atoms with E-state index in [4.69, 9.17) is 5.21 Å². The van der Waals surface area contributed by atoms with Crippen molar-refractivity contribution in [2.75, 3.05) is 0 Å². The molecule has 10 heavy (non-hydrogen) atoms. The standard InChI is InChI=1S/C5H5NO2.C2H6/c7-5-3-1-2-4-6(5)8;1-2/h1-4,8H;1-2H3. The van der Waals surface area contributed by atoms with Crippen molar-refractivity contribution in [1.29, 1.82) is 0 Å². The maximum Gasteiger partial charge on any atom is 0.282 e. The monoisotopic (exact) mass is 141 g/mol. The van der Waals surface area contributed by atoms with Crippen LogP contribution in [0, 0.1) is 0 Å². The number of hydrogen-bond donors (Lipinski definition) is 1. The van der Waals surface area contributed by atoms with E-state index in [1.165, 1.54) is 12.3 Å². The first-order valence-electron chi connectivity index (χ1n) is 3.17. The van der Waals surface area contributed by atoms with Crippen molar-refractivity contribution in [2.45, 2.75) is 13.8 Å². The molecule has 0 saturated carbocycles. The van der Waals surface area contributed by atoms with Crippen LogP contribution in [0.25, 0.3) is 0 Å². The largest absolute Gasteiger partial charge is 0.425 e. The predicted molar refractivity (Wildman–Crippen MR) is 39.2 cm³/mol. The van der Waals surface area contributed by atoms with Gasteiger partial charge in [0.05, 0.1) is 0 Å². The Labute approximate surface area is 59.5 Å². The van der Waals surface area contributed by atoms with Crippen LogP contribution >= 0.6 is 0 Å². The molecule has 1 N–H and O–H groups in total. The van der Waals surface area contributed by atoms with E-state index in [9.17, 15) is 4.79 Å². The molecule has 0 spiro atoms. The number of hydrogen-bond acceptors (Lipinski definition) is 2. The molecule has 1 aromatic heterocycles. The van der Waals surface area contributed by atoms with Crippen LogP contribution in [0.4, 0.5) is 0 Å². The van der Waals surface area contributed by atoms with E-state index in [2.05, 4.69) is 0 Å². The minimum absolute atomic E-state index is 0.410. The molecular formula is C7H11NO2. The molecule has 1 aromatic rings. The van der Waals surface area contributed by atoms with Crippen LogP contribution in [0.3, 0.4) is 0 Å². The molecule has 0 unspecified atom stereocenters. The van der Waals surface area contributed by atoms with Gasteiger partial charge in [-0.1, -0.05) is 19.9 Å². The van der Waals surface area contributed by atoms with Crippen molar-refractivity contribution >= 4 is 0 Å². The van der Waals surface area contributed by atoms with Gasteiger partial charge >= 0.3 is 0 Å². The highest BCUT2D eigenvalue weighted by molar-refractivity contribution is 4.90. The lowest BCUT2D eigenvalue weighted by atomic mass is 10.5. The molecule has 0 aliphatic heterocycles. The van der Waals surface area contributed by atoms with Crippen molar-refractivity contribution in [3.63, 3.8) is 0 Å². The first-order valence-corrected chi connectivity index (χ1v) is 3.17. The minimum atomic E-state index is -0.410. The third-order valence-electron chi connectivity index (χ3n) is 0.803. The molecule has 3 nitrogen and oxygen atoms in total. The van der Waals surface area contributed by atoms with Gasteiger partial charge in [0, 0.05) is 12.3 Å². The van der Waals surface area contributed by atoms with Gasteiger partial charge in [0.25, 0.3) is 5.56 Å². The second-order valence-electron chi connectivity index (χ2n) is 1.38. The second-order valence-corrected chi connectivity index (χ2v) is 1.38. The summed E-state index contributed by atoms with van der Waals surface area (Å²) in [5.41, 5.74) is -0.410. The Bertz CT molecular complexity index is 229. The molecule has 56 valence electrons. The minimum Gasteiger partial charge on any atom is -0.425 e. The average Bonchev–Trinajstić information content (AvgIpc) is 2.00. The Morgan fingerprint density at radius 1 is 1.40 bits per heavy atom. The molecule has 0 aromatic carbocycles.